The first-order chi connectivity index (χ1) is 10.0. The van der Waals surface area contributed by atoms with Gasteiger partial charge in [-0.15, -0.1) is 0 Å². The lowest BCUT2D eigenvalue weighted by Gasteiger charge is -2.19. The third-order valence-corrected chi connectivity index (χ3v) is 4.47. The van der Waals surface area contributed by atoms with Gasteiger partial charge in [-0.25, -0.2) is 4.98 Å². The Morgan fingerprint density at radius 1 is 1.29 bits per heavy atom. The molecule has 0 atom stereocenters. The van der Waals surface area contributed by atoms with Crippen molar-refractivity contribution in [1.29, 1.82) is 0 Å². The third-order valence-electron chi connectivity index (χ3n) is 3.36. The average Bonchev–Trinajstić information content (AvgIpc) is 2.89. The lowest BCUT2D eigenvalue weighted by molar-refractivity contribution is 0.283. The van der Waals surface area contributed by atoms with Crippen LogP contribution in [0.2, 0.25) is 0 Å². The summed E-state index contributed by atoms with van der Waals surface area (Å²) >= 11 is 1.58. The highest BCUT2D eigenvalue weighted by Gasteiger charge is 2.17. The van der Waals surface area contributed by atoms with Gasteiger partial charge in [0.05, 0.1) is 29.4 Å². The van der Waals surface area contributed by atoms with Crippen molar-refractivity contribution < 1.29 is 5.11 Å². The van der Waals surface area contributed by atoms with E-state index in [9.17, 15) is 5.11 Å². The number of hydrogen-bond donors (Lipinski definition) is 1. The van der Waals surface area contributed by atoms with E-state index in [1.807, 2.05) is 25.1 Å². The summed E-state index contributed by atoms with van der Waals surface area (Å²) in [5, 5.41) is 10.5. The topological polar surface area (TPSA) is 49.2 Å². The van der Waals surface area contributed by atoms with Crippen LogP contribution in [0.1, 0.15) is 48.6 Å². The van der Waals surface area contributed by atoms with Crippen molar-refractivity contribution in [2.75, 3.05) is 11.4 Å². The molecule has 4 nitrogen and oxygen atoms in total. The quantitative estimate of drug-likeness (QED) is 0.887. The lowest BCUT2D eigenvalue weighted by Crippen LogP contribution is -2.22. The first kappa shape index (κ1) is 15.9. The van der Waals surface area contributed by atoms with Crippen LogP contribution in [0.15, 0.2) is 18.2 Å². The first-order valence-electron chi connectivity index (χ1n) is 7.33. The highest BCUT2D eigenvalue weighted by atomic mass is 32.1. The summed E-state index contributed by atoms with van der Waals surface area (Å²) in [7, 11) is 0. The van der Waals surface area contributed by atoms with Gasteiger partial charge in [0.1, 0.15) is 0 Å². The second kappa shape index (κ2) is 7.00. The van der Waals surface area contributed by atoms with Gasteiger partial charge in [0.2, 0.25) is 0 Å². The highest BCUT2D eigenvalue weighted by molar-refractivity contribution is 7.15. The average molecular weight is 305 g/mol. The molecular formula is C16H23N3OS. The van der Waals surface area contributed by atoms with E-state index in [-0.39, 0.29) is 6.61 Å². The van der Waals surface area contributed by atoms with Crippen LogP contribution in [0, 0.1) is 6.92 Å². The fourth-order valence-corrected chi connectivity index (χ4v) is 3.39. The number of aromatic nitrogens is 2. The van der Waals surface area contributed by atoms with Crippen LogP contribution in [0.3, 0.4) is 0 Å². The molecule has 2 aromatic rings. The maximum atomic E-state index is 9.50. The minimum Gasteiger partial charge on any atom is -0.391 e. The van der Waals surface area contributed by atoms with Gasteiger partial charge in [-0.3, -0.25) is 4.98 Å². The molecule has 0 radical (unpaired) electrons. The van der Waals surface area contributed by atoms with Crippen molar-refractivity contribution in [1.82, 2.24) is 9.97 Å². The summed E-state index contributed by atoms with van der Waals surface area (Å²) in [5.41, 5.74) is 3.08. The molecule has 0 saturated heterocycles. The van der Waals surface area contributed by atoms with E-state index in [0.29, 0.717) is 5.92 Å². The van der Waals surface area contributed by atoms with E-state index < -0.39 is 0 Å². The van der Waals surface area contributed by atoms with Crippen molar-refractivity contribution >= 4 is 16.5 Å². The van der Waals surface area contributed by atoms with Gasteiger partial charge < -0.3 is 10.0 Å². The SMILES string of the molecule is CCN(Cc1cccc(C)n1)c1nc(C(C)C)c(CO)s1. The molecule has 114 valence electrons. The zero-order valence-corrected chi connectivity index (χ0v) is 13.9. The Hall–Kier alpha value is -1.46. The molecule has 0 aliphatic heterocycles. The van der Waals surface area contributed by atoms with E-state index in [2.05, 4.69) is 30.7 Å². The van der Waals surface area contributed by atoms with Crippen LogP contribution in [0.5, 0.6) is 0 Å². The Morgan fingerprint density at radius 2 is 2.05 bits per heavy atom. The molecule has 1 N–H and O–H groups in total. The molecule has 0 spiro atoms. The van der Waals surface area contributed by atoms with E-state index >= 15 is 0 Å². The van der Waals surface area contributed by atoms with Gasteiger partial charge >= 0.3 is 0 Å². The Labute approximate surface area is 130 Å². The molecule has 21 heavy (non-hydrogen) atoms. The van der Waals surface area contributed by atoms with E-state index in [4.69, 9.17) is 4.98 Å². The molecule has 0 saturated carbocycles. The Kier molecular flexibility index (Phi) is 5.31. The predicted octanol–water partition coefficient (Wildman–Crippen LogP) is 3.49. The third kappa shape index (κ3) is 3.80. The fourth-order valence-electron chi connectivity index (χ4n) is 2.25. The Morgan fingerprint density at radius 3 is 2.57 bits per heavy atom. The monoisotopic (exact) mass is 305 g/mol. The molecule has 0 aromatic carbocycles. The van der Waals surface area contributed by atoms with Crippen LogP contribution in [0.25, 0.3) is 0 Å². The molecule has 0 aliphatic carbocycles. The van der Waals surface area contributed by atoms with E-state index in [1.165, 1.54) is 0 Å². The van der Waals surface area contributed by atoms with Gasteiger partial charge in [0.15, 0.2) is 5.13 Å². The van der Waals surface area contributed by atoms with E-state index in [1.54, 1.807) is 11.3 Å². The second-order valence-electron chi connectivity index (χ2n) is 5.40. The van der Waals surface area contributed by atoms with Crippen LogP contribution < -0.4 is 4.90 Å². The second-order valence-corrected chi connectivity index (χ2v) is 6.46. The summed E-state index contributed by atoms with van der Waals surface area (Å²) in [5.74, 6) is 0.327. The van der Waals surface area contributed by atoms with Crippen LogP contribution in [0.4, 0.5) is 5.13 Å². The summed E-state index contributed by atoms with van der Waals surface area (Å²) in [6.45, 7) is 10.0. The number of aliphatic hydroxyl groups excluding tert-OH is 1. The first-order valence-corrected chi connectivity index (χ1v) is 8.14. The molecule has 0 amide bonds. The Balaban J connectivity index is 2.25. The van der Waals surface area contributed by atoms with Crippen LogP contribution in [-0.4, -0.2) is 21.6 Å². The minimum atomic E-state index is 0.0609. The van der Waals surface area contributed by atoms with Crippen molar-refractivity contribution in [3.05, 3.63) is 40.2 Å². The molecule has 0 unspecified atom stereocenters. The maximum Gasteiger partial charge on any atom is 0.186 e. The molecule has 0 fully saturated rings. The number of aliphatic hydroxyl groups is 1. The normalized spacial score (nSPS) is 11.1. The van der Waals surface area contributed by atoms with Crippen molar-refractivity contribution in [2.45, 2.75) is 46.8 Å². The van der Waals surface area contributed by atoms with Gasteiger partial charge in [-0.2, -0.15) is 0 Å². The fraction of sp³-hybridized carbons (Fsp3) is 0.500. The molecule has 0 bridgehead atoms. The van der Waals surface area contributed by atoms with Crippen molar-refractivity contribution in [3.63, 3.8) is 0 Å². The molecule has 2 aromatic heterocycles. The Bertz CT molecular complexity index is 595. The van der Waals surface area contributed by atoms with Gasteiger partial charge in [-0.1, -0.05) is 31.3 Å². The van der Waals surface area contributed by atoms with Gasteiger partial charge in [-0.05, 0) is 31.9 Å². The molecular weight excluding hydrogens is 282 g/mol. The van der Waals surface area contributed by atoms with Gasteiger partial charge in [0.25, 0.3) is 0 Å². The summed E-state index contributed by atoms with van der Waals surface area (Å²) in [6, 6.07) is 6.08. The number of aryl methyl sites for hydroxylation is 1. The summed E-state index contributed by atoms with van der Waals surface area (Å²) < 4.78 is 0. The zero-order chi connectivity index (χ0) is 15.4. The number of nitrogens with zero attached hydrogens (tertiary/aromatic N) is 3. The number of thiazole rings is 1. The number of rotatable bonds is 6. The van der Waals surface area contributed by atoms with Crippen LogP contribution >= 0.6 is 11.3 Å². The molecule has 2 heterocycles. The van der Waals surface area contributed by atoms with Crippen LogP contribution in [-0.2, 0) is 13.2 Å². The summed E-state index contributed by atoms with van der Waals surface area (Å²) in [4.78, 5) is 12.5. The molecule has 2 rings (SSSR count). The number of anilines is 1. The largest absolute Gasteiger partial charge is 0.391 e. The maximum absolute atomic E-state index is 9.50. The molecule has 0 aliphatic rings. The standard InChI is InChI=1S/C16H23N3OS/c1-5-19(9-13-8-6-7-12(4)17-13)16-18-15(11(2)3)14(10-20)21-16/h6-8,11,20H,5,9-10H2,1-4H3. The highest BCUT2D eigenvalue weighted by Crippen LogP contribution is 2.31. The zero-order valence-electron chi connectivity index (χ0n) is 13.1. The smallest absolute Gasteiger partial charge is 0.186 e. The molecule has 5 heteroatoms. The minimum absolute atomic E-state index is 0.0609. The van der Waals surface area contributed by atoms with Gasteiger partial charge in [0, 0.05) is 12.2 Å². The number of hydrogen-bond acceptors (Lipinski definition) is 5. The van der Waals surface area contributed by atoms with Crippen molar-refractivity contribution in [2.24, 2.45) is 0 Å². The van der Waals surface area contributed by atoms with E-state index in [0.717, 1.165) is 40.2 Å². The lowest BCUT2D eigenvalue weighted by atomic mass is 10.1. The summed E-state index contributed by atoms with van der Waals surface area (Å²) in [6.07, 6.45) is 0. The van der Waals surface area contributed by atoms with Crippen molar-refractivity contribution in [3.8, 4) is 0 Å². The predicted molar refractivity (Wildman–Crippen MR) is 87.8 cm³/mol. The number of pyridine rings is 1.